The number of anilines is 2. The predicted molar refractivity (Wildman–Crippen MR) is 136 cm³/mol. The summed E-state index contributed by atoms with van der Waals surface area (Å²) in [7, 11) is 1.57. The van der Waals surface area contributed by atoms with Crippen molar-refractivity contribution in [3.8, 4) is 17.2 Å². The molecule has 0 spiro atoms. The normalized spacial score (nSPS) is 12.3. The van der Waals surface area contributed by atoms with E-state index in [1.807, 2.05) is 30.3 Å². The number of fused-ring (bicyclic) bond motifs is 1. The van der Waals surface area contributed by atoms with Crippen molar-refractivity contribution in [1.29, 1.82) is 0 Å². The number of amides is 1. The summed E-state index contributed by atoms with van der Waals surface area (Å²) in [5.41, 5.74) is 2.09. The molecule has 3 aromatic carbocycles. The number of hydrogen-bond acceptors (Lipinski definition) is 6. The second kappa shape index (κ2) is 11.1. The molecule has 182 valence electrons. The minimum atomic E-state index is -1.06. The van der Waals surface area contributed by atoms with Crippen molar-refractivity contribution in [3.05, 3.63) is 76.8 Å². The van der Waals surface area contributed by atoms with E-state index in [1.54, 1.807) is 48.4 Å². The van der Waals surface area contributed by atoms with Gasteiger partial charge in [0.1, 0.15) is 12.4 Å². The number of rotatable bonds is 9. The van der Waals surface area contributed by atoms with Gasteiger partial charge in [-0.2, -0.15) is 0 Å². The molecule has 0 bridgehead atoms. The van der Waals surface area contributed by atoms with Crippen LogP contribution < -0.4 is 24.0 Å². The molecule has 4 rings (SSSR count). The Kier molecular flexibility index (Phi) is 7.77. The van der Waals surface area contributed by atoms with Gasteiger partial charge < -0.3 is 29.1 Å². The highest BCUT2D eigenvalue weighted by Crippen LogP contribution is 2.40. The first-order valence-corrected chi connectivity index (χ1v) is 11.8. The highest BCUT2D eigenvalue weighted by atomic mass is 79.9. The van der Waals surface area contributed by atoms with Gasteiger partial charge in [0.2, 0.25) is 0 Å². The van der Waals surface area contributed by atoms with Crippen LogP contribution in [0.25, 0.3) is 0 Å². The summed E-state index contributed by atoms with van der Waals surface area (Å²) in [6.45, 7) is 1.54. The summed E-state index contributed by atoms with van der Waals surface area (Å²) >= 11 is 3.45. The second-order valence-corrected chi connectivity index (χ2v) is 8.70. The third-order valence-electron chi connectivity index (χ3n) is 5.55. The molecule has 0 aliphatic carbocycles. The molecule has 9 heteroatoms. The zero-order valence-corrected chi connectivity index (χ0v) is 20.7. The number of ether oxygens (including phenoxy) is 3. The molecule has 3 aromatic rings. The van der Waals surface area contributed by atoms with Gasteiger partial charge in [0, 0.05) is 28.8 Å². The largest absolute Gasteiger partial charge is 0.497 e. The van der Waals surface area contributed by atoms with E-state index in [2.05, 4.69) is 20.8 Å². The van der Waals surface area contributed by atoms with Gasteiger partial charge in [0.15, 0.2) is 18.1 Å². The van der Waals surface area contributed by atoms with E-state index in [0.29, 0.717) is 49.1 Å². The quantitative estimate of drug-likeness (QED) is 0.428. The number of carboxylic acid groups (broad SMARTS) is 1. The van der Waals surface area contributed by atoms with Crippen molar-refractivity contribution in [1.82, 2.24) is 0 Å². The van der Waals surface area contributed by atoms with E-state index in [0.717, 1.165) is 15.8 Å². The first-order valence-electron chi connectivity index (χ1n) is 11.0. The van der Waals surface area contributed by atoms with Gasteiger partial charge in [-0.05, 0) is 54.6 Å². The Hall–Kier alpha value is -3.72. The molecule has 0 saturated heterocycles. The molecule has 1 heterocycles. The topological polar surface area (TPSA) is 88.5 Å². The minimum absolute atomic E-state index is 0.141. The fraction of sp³-hybridized carbons (Fsp3) is 0.231. The molecular formula is C26H25BrN2O6. The Morgan fingerprint density at radius 2 is 1.89 bits per heavy atom. The fourth-order valence-electron chi connectivity index (χ4n) is 3.86. The highest BCUT2D eigenvalue weighted by Gasteiger charge is 2.25. The molecule has 1 amide bonds. The molecular weight excluding hydrogens is 516 g/mol. The van der Waals surface area contributed by atoms with E-state index in [1.165, 1.54) is 0 Å². The molecule has 0 fully saturated rings. The third kappa shape index (κ3) is 5.86. The van der Waals surface area contributed by atoms with Gasteiger partial charge in [-0.25, -0.2) is 4.79 Å². The van der Waals surface area contributed by atoms with E-state index in [-0.39, 0.29) is 5.91 Å². The maximum absolute atomic E-state index is 13.6. The molecule has 0 atom stereocenters. The van der Waals surface area contributed by atoms with Crippen molar-refractivity contribution in [2.75, 3.05) is 49.8 Å². The number of methoxy groups -OCH3 is 1. The number of benzene rings is 3. The zero-order chi connectivity index (χ0) is 24.8. The van der Waals surface area contributed by atoms with Gasteiger partial charge in [0.25, 0.3) is 5.91 Å². The Balaban J connectivity index is 1.58. The number of hydrogen-bond donors (Lipinski definition) is 1. The fourth-order valence-corrected chi connectivity index (χ4v) is 4.13. The van der Waals surface area contributed by atoms with Crippen LogP contribution in [-0.2, 0) is 4.79 Å². The average molecular weight is 541 g/mol. The van der Waals surface area contributed by atoms with Crippen molar-refractivity contribution >= 4 is 39.2 Å². The monoisotopic (exact) mass is 540 g/mol. The number of para-hydroxylation sites is 1. The highest BCUT2D eigenvalue weighted by molar-refractivity contribution is 9.10. The van der Waals surface area contributed by atoms with Crippen LogP contribution >= 0.6 is 15.9 Å². The summed E-state index contributed by atoms with van der Waals surface area (Å²) in [6.07, 6.45) is 0. The summed E-state index contributed by atoms with van der Waals surface area (Å²) in [5.74, 6) is 0.304. The number of halogens is 1. The van der Waals surface area contributed by atoms with Gasteiger partial charge in [-0.1, -0.05) is 28.1 Å². The summed E-state index contributed by atoms with van der Waals surface area (Å²) in [4.78, 5) is 28.3. The summed E-state index contributed by atoms with van der Waals surface area (Å²) < 4.78 is 17.4. The number of aliphatic carboxylic acids is 1. The van der Waals surface area contributed by atoms with Crippen LogP contribution in [0.4, 0.5) is 11.4 Å². The summed E-state index contributed by atoms with van der Waals surface area (Å²) in [5, 5.41) is 8.96. The predicted octanol–water partition coefficient (Wildman–Crippen LogP) is 4.47. The lowest BCUT2D eigenvalue weighted by molar-refractivity contribution is -0.139. The zero-order valence-electron chi connectivity index (χ0n) is 19.1. The smallest absolute Gasteiger partial charge is 0.341 e. The van der Waals surface area contributed by atoms with E-state index < -0.39 is 12.6 Å². The third-order valence-corrected chi connectivity index (χ3v) is 6.08. The maximum Gasteiger partial charge on any atom is 0.341 e. The average Bonchev–Trinajstić information content (AvgIpc) is 2.88. The van der Waals surface area contributed by atoms with Gasteiger partial charge in [0.05, 0.1) is 19.3 Å². The van der Waals surface area contributed by atoms with Crippen LogP contribution in [0.2, 0.25) is 0 Å². The first-order chi connectivity index (χ1) is 17.0. The molecule has 0 saturated carbocycles. The number of carbonyl (C=O) groups excluding carboxylic acids is 1. The Labute approximate surface area is 211 Å². The Morgan fingerprint density at radius 1 is 1.11 bits per heavy atom. The molecule has 0 aromatic heterocycles. The minimum Gasteiger partial charge on any atom is -0.497 e. The Bertz CT molecular complexity index is 1200. The lowest BCUT2D eigenvalue weighted by Gasteiger charge is -2.34. The number of carboxylic acids is 1. The van der Waals surface area contributed by atoms with Crippen molar-refractivity contribution < 1.29 is 28.9 Å². The standard InChI is InChI=1S/C26H25BrN2O6/c1-33-21-5-2-4-18(16-21)26(32)29(20-10-8-19(27)9-11-20)13-12-28-14-15-34-25-22(28)6-3-7-23(25)35-17-24(30)31/h2-11,16H,12-15,17H2,1H3,(H,30,31). The number of carbonyl (C=O) groups is 2. The first kappa shape index (κ1) is 24.4. The van der Waals surface area contributed by atoms with Crippen molar-refractivity contribution in [3.63, 3.8) is 0 Å². The van der Waals surface area contributed by atoms with Gasteiger partial charge in [-0.15, -0.1) is 0 Å². The van der Waals surface area contributed by atoms with Crippen LogP contribution in [0, 0.1) is 0 Å². The molecule has 0 radical (unpaired) electrons. The molecule has 35 heavy (non-hydrogen) atoms. The summed E-state index contributed by atoms with van der Waals surface area (Å²) in [6, 6.07) is 20.1. The van der Waals surface area contributed by atoms with Gasteiger partial charge in [-0.3, -0.25) is 4.79 Å². The molecule has 1 aliphatic rings. The van der Waals surface area contributed by atoms with E-state index >= 15 is 0 Å². The molecule has 1 aliphatic heterocycles. The molecule has 1 N–H and O–H groups in total. The molecule has 0 unspecified atom stereocenters. The van der Waals surface area contributed by atoms with Crippen LogP contribution in [0.5, 0.6) is 17.2 Å². The van der Waals surface area contributed by atoms with E-state index in [4.69, 9.17) is 19.3 Å². The SMILES string of the molecule is COc1cccc(C(=O)N(CCN2CCOc3c(OCC(=O)O)cccc32)c2ccc(Br)cc2)c1. The van der Waals surface area contributed by atoms with Crippen LogP contribution in [0.1, 0.15) is 10.4 Å². The lowest BCUT2D eigenvalue weighted by Crippen LogP contribution is -2.41. The Morgan fingerprint density at radius 3 is 2.63 bits per heavy atom. The van der Waals surface area contributed by atoms with Crippen LogP contribution in [-0.4, -0.2) is 56.9 Å². The van der Waals surface area contributed by atoms with Crippen LogP contribution in [0.3, 0.4) is 0 Å². The second-order valence-electron chi connectivity index (χ2n) is 7.79. The van der Waals surface area contributed by atoms with Crippen LogP contribution in [0.15, 0.2) is 71.2 Å². The van der Waals surface area contributed by atoms with Gasteiger partial charge >= 0.3 is 5.97 Å². The lowest BCUT2D eigenvalue weighted by atomic mass is 10.1. The van der Waals surface area contributed by atoms with E-state index in [9.17, 15) is 9.59 Å². The number of nitrogens with zero attached hydrogens (tertiary/aromatic N) is 2. The van der Waals surface area contributed by atoms with Crippen molar-refractivity contribution in [2.45, 2.75) is 0 Å². The maximum atomic E-state index is 13.6. The van der Waals surface area contributed by atoms with Crippen molar-refractivity contribution in [2.24, 2.45) is 0 Å². The molecule has 8 nitrogen and oxygen atoms in total.